The molecular weight excluding hydrogens is 208 g/mol. The van der Waals surface area contributed by atoms with Gasteiger partial charge in [-0.2, -0.15) is 0 Å². The number of fused-ring (bicyclic) bond motifs is 2. The molecule has 1 aromatic heterocycles. The van der Waals surface area contributed by atoms with E-state index in [2.05, 4.69) is 35.4 Å². The highest BCUT2D eigenvalue weighted by Crippen LogP contribution is 2.44. The third kappa shape index (κ3) is 2.27. The van der Waals surface area contributed by atoms with E-state index >= 15 is 0 Å². The number of nitrogens with one attached hydrogen (secondary N) is 1. The minimum Gasteiger partial charge on any atom is -0.310 e. The third-order valence-electron chi connectivity index (χ3n) is 4.32. The summed E-state index contributed by atoms with van der Waals surface area (Å²) < 4.78 is 0. The van der Waals surface area contributed by atoms with Crippen molar-refractivity contribution in [2.24, 2.45) is 17.8 Å². The zero-order valence-corrected chi connectivity index (χ0v) is 10.3. The smallest absolute Gasteiger partial charge is 0.0312 e. The van der Waals surface area contributed by atoms with Gasteiger partial charge in [0.05, 0.1) is 0 Å². The molecule has 17 heavy (non-hydrogen) atoms. The van der Waals surface area contributed by atoms with E-state index in [1.807, 2.05) is 18.5 Å². The van der Waals surface area contributed by atoms with Gasteiger partial charge in [0, 0.05) is 25.0 Å². The fourth-order valence-electron chi connectivity index (χ4n) is 3.33. The normalized spacial score (nSPS) is 31.9. The Balaban J connectivity index is 1.54. The highest BCUT2D eigenvalue weighted by Gasteiger charge is 2.38. The van der Waals surface area contributed by atoms with Crippen LogP contribution in [0.4, 0.5) is 0 Å². The first-order chi connectivity index (χ1) is 8.33. The molecule has 2 bridgehead atoms. The lowest BCUT2D eigenvalue weighted by Gasteiger charge is -2.26. The minimum atomic E-state index is 0.607. The molecule has 0 aliphatic heterocycles. The van der Waals surface area contributed by atoms with E-state index in [1.54, 1.807) is 0 Å². The van der Waals surface area contributed by atoms with E-state index in [1.165, 1.54) is 18.4 Å². The summed E-state index contributed by atoms with van der Waals surface area (Å²) >= 11 is 0. The Bertz CT molecular complexity index is 399. The van der Waals surface area contributed by atoms with Crippen molar-refractivity contribution in [2.45, 2.75) is 32.4 Å². The molecule has 1 saturated carbocycles. The molecule has 1 aromatic rings. The Morgan fingerprint density at radius 1 is 1.41 bits per heavy atom. The second kappa shape index (κ2) is 4.61. The summed E-state index contributed by atoms with van der Waals surface area (Å²) in [4.78, 5) is 4.15. The zero-order chi connectivity index (χ0) is 11.7. The maximum absolute atomic E-state index is 4.15. The summed E-state index contributed by atoms with van der Waals surface area (Å²) in [6.45, 7) is 3.27. The highest BCUT2D eigenvalue weighted by molar-refractivity contribution is 5.12. The number of nitrogens with zero attached hydrogens (tertiary/aromatic N) is 1. The molecule has 1 heterocycles. The van der Waals surface area contributed by atoms with Crippen molar-refractivity contribution in [1.82, 2.24) is 10.3 Å². The Morgan fingerprint density at radius 3 is 3.00 bits per heavy atom. The minimum absolute atomic E-state index is 0.607. The first-order valence-electron chi connectivity index (χ1n) is 6.63. The van der Waals surface area contributed by atoms with Crippen molar-refractivity contribution in [2.75, 3.05) is 0 Å². The van der Waals surface area contributed by atoms with E-state index in [9.17, 15) is 0 Å². The van der Waals surface area contributed by atoms with Crippen LogP contribution in [0.2, 0.25) is 0 Å². The molecule has 3 rings (SSSR count). The SMILES string of the molecule is CC(NCc1cccnc1)C1CC2C=CC1C2. The van der Waals surface area contributed by atoms with Crippen molar-refractivity contribution in [1.29, 1.82) is 0 Å². The fraction of sp³-hybridized carbons (Fsp3) is 0.533. The molecule has 4 atom stereocenters. The summed E-state index contributed by atoms with van der Waals surface area (Å²) in [6.07, 6.45) is 11.4. The summed E-state index contributed by atoms with van der Waals surface area (Å²) in [7, 11) is 0. The molecule has 1 fully saturated rings. The summed E-state index contributed by atoms with van der Waals surface area (Å²) in [5.74, 6) is 2.53. The number of hydrogen-bond donors (Lipinski definition) is 1. The average molecular weight is 228 g/mol. The molecule has 0 amide bonds. The maximum Gasteiger partial charge on any atom is 0.0312 e. The predicted octanol–water partition coefficient (Wildman–Crippen LogP) is 2.77. The molecule has 90 valence electrons. The molecule has 2 aliphatic carbocycles. The summed E-state index contributed by atoms with van der Waals surface area (Å²) in [6, 6.07) is 4.74. The summed E-state index contributed by atoms with van der Waals surface area (Å²) in [5, 5.41) is 3.65. The Hall–Kier alpha value is -1.15. The molecule has 1 N–H and O–H groups in total. The number of pyridine rings is 1. The number of aromatic nitrogens is 1. The Labute approximate surface area is 103 Å². The van der Waals surface area contributed by atoms with Crippen LogP contribution in [0.15, 0.2) is 36.7 Å². The van der Waals surface area contributed by atoms with Crippen LogP contribution in [0.1, 0.15) is 25.3 Å². The summed E-state index contributed by atoms with van der Waals surface area (Å²) in [5.41, 5.74) is 1.28. The van der Waals surface area contributed by atoms with E-state index < -0.39 is 0 Å². The van der Waals surface area contributed by atoms with Crippen molar-refractivity contribution >= 4 is 0 Å². The van der Waals surface area contributed by atoms with E-state index in [0.29, 0.717) is 6.04 Å². The second-order valence-electron chi connectivity index (χ2n) is 5.47. The van der Waals surface area contributed by atoms with Gasteiger partial charge in [-0.25, -0.2) is 0 Å². The molecule has 2 aliphatic rings. The van der Waals surface area contributed by atoms with Crippen molar-refractivity contribution in [3.63, 3.8) is 0 Å². The van der Waals surface area contributed by atoms with Crippen molar-refractivity contribution in [3.8, 4) is 0 Å². The average Bonchev–Trinajstić information content (AvgIpc) is 2.99. The molecule has 0 spiro atoms. The van der Waals surface area contributed by atoms with Crippen LogP contribution in [0.3, 0.4) is 0 Å². The fourth-order valence-corrected chi connectivity index (χ4v) is 3.33. The van der Waals surface area contributed by atoms with Gasteiger partial charge in [0.2, 0.25) is 0 Å². The van der Waals surface area contributed by atoms with Crippen LogP contribution in [-0.4, -0.2) is 11.0 Å². The lowest BCUT2D eigenvalue weighted by atomic mass is 9.87. The van der Waals surface area contributed by atoms with Gasteiger partial charge in [-0.1, -0.05) is 18.2 Å². The first kappa shape index (κ1) is 11.0. The van der Waals surface area contributed by atoms with Gasteiger partial charge in [0.25, 0.3) is 0 Å². The molecule has 2 heteroatoms. The number of allylic oxidation sites excluding steroid dienone is 2. The van der Waals surface area contributed by atoms with Crippen molar-refractivity contribution < 1.29 is 0 Å². The highest BCUT2D eigenvalue weighted by atomic mass is 14.9. The predicted molar refractivity (Wildman–Crippen MR) is 69.4 cm³/mol. The number of rotatable bonds is 4. The second-order valence-corrected chi connectivity index (χ2v) is 5.47. The van der Waals surface area contributed by atoms with E-state index in [0.717, 1.165) is 24.3 Å². The van der Waals surface area contributed by atoms with E-state index in [4.69, 9.17) is 0 Å². The maximum atomic E-state index is 4.15. The molecular formula is C15H20N2. The van der Waals surface area contributed by atoms with Gasteiger partial charge in [0.15, 0.2) is 0 Å². The number of hydrogen-bond acceptors (Lipinski definition) is 2. The quantitative estimate of drug-likeness (QED) is 0.802. The van der Waals surface area contributed by atoms with Gasteiger partial charge in [-0.05, 0) is 49.1 Å². The molecule has 4 unspecified atom stereocenters. The topological polar surface area (TPSA) is 24.9 Å². The molecule has 0 aromatic carbocycles. The van der Waals surface area contributed by atoms with Gasteiger partial charge in [-0.15, -0.1) is 0 Å². The van der Waals surface area contributed by atoms with Crippen molar-refractivity contribution in [3.05, 3.63) is 42.2 Å². The van der Waals surface area contributed by atoms with Crippen LogP contribution >= 0.6 is 0 Å². The third-order valence-corrected chi connectivity index (χ3v) is 4.32. The lowest BCUT2D eigenvalue weighted by Crippen LogP contribution is -2.35. The Kier molecular flexibility index (Phi) is 2.98. The Morgan fingerprint density at radius 2 is 2.35 bits per heavy atom. The molecule has 0 radical (unpaired) electrons. The molecule has 0 saturated heterocycles. The van der Waals surface area contributed by atoms with Crippen LogP contribution in [0.25, 0.3) is 0 Å². The lowest BCUT2D eigenvalue weighted by molar-refractivity contribution is 0.326. The zero-order valence-electron chi connectivity index (χ0n) is 10.3. The van der Waals surface area contributed by atoms with Crippen LogP contribution in [0, 0.1) is 17.8 Å². The van der Waals surface area contributed by atoms with Gasteiger partial charge in [-0.3, -0.25) is 4.98 Å². The van der Waals surface area contributed by atoms with Crippen LogP contribution in [0.5, 0.6) is 0 Å². The monoisotopic (exact) mass is 228 g/mol. The first-order valence-corrected chi connectivity index (χ1v) is 6.63. The van der Waals surface area contributed by atoms with Gasteiger partial charge in [0.1, 0.15) is 0 Å². The standard InChI is InChI=1S/C15H20N2/c1-11(15-8-12-4-5-14(15)7-12)17-10-13-3-2-6-16-9-13/h2-6,9,11-12,14-15,17H,7-8,10H2,1H3. The van der Waals surface area contributed by atoms with Crippen LogP contribution in [-0.2, 0) is 6.54 Å². The van der Waals surface area contributed by atoms with Crippen LogP contribution < -0.4 is 5.32 Å². The van der Waals surface area contributed by atoms with E-state index in [-0.39, 0.29) is 0 Å². The largest absolute Gasteiger partial charge is 0.310 e. The van der Waals surface area contributed by atoms with Gasteiger partial charge < -0.3 is 5.32 Å². The molecule has 2 nitrogen and oxygen atoms in total. The van der Waals surface area contributed by atoms with Gasteiger partial charge >= 0.3 is 0 Å².